The van der Waals surface area contributed by atoms with Crippen LogP contribution in [0.15, 0.2) is 48.7 Å². The van der Waals surface area contributed by atoms with Crippen LogP contribution in [0.5, 0.6) is 0 Å². The molecule has 23 heavy (non-hydrogen) atoms. The molecule has 120 valence electrons. The number of nitrogens with one attached hydrogen (secondary N) is 1. The summed E-state index contributed by atoms with van der Waals surface area (Å²) < 4.78 is 24.7. The maximum Gasteiger partial charge on any atom is 0.354 e. The van der Waals surface area contributed by atoms with Crippen molar-refractivity contribution in [2.45, 2.75) is 0 Å². The summed E-state index contributed by atoms with van der Waals surface area (Å²) >= 11 is 0. The normalized spacial score (nSPS) is 11.0. The van der Waals surface area contributed by atoms with Crippen molar-refractivity contribution in [2.24, 2.45) is 0 Å². The standard InChI is InChI=1S/C15H14FN3O4/c1-22-14(20)8-12(15(21)23-2)18-10-3-4-13(11(16)7-10)19-6-5-17-9-19/h3-9,18H,1-2H3/b12-8+. The number of halogens is 1. The minimum absolute atomic E-state index is 0.172. The zero-order valence-electron chi connectivity index (χ0n) is 12.4. The predicted molar refractivity (Wildman–Crippen MR) is 79.3 cm³/mol. The fourth-order valence-corrected chi connectivity index (χ4v) is 1.78. The highest BCUT2D eigenvalue weighted by Crippen LogP contribution is 2.19. The van der Waals surface area contributed by atoms with Gasteiger partial charge in [-0.15, -0.1) is 0 Å². The summed E-state index contributed by atoms with van der Waals surface area (Å²) in [5.74, 6) is -2.06. The van der Waals surface area contributed by atoms with E-state index in [0.717, 1.165) is 13.2 Å². The average Bonchev–Trinajstić information content (AvgIpc) is 3.07. The maximum absolute atomic E-state index is 14.2. The molecule has 0 amide bonds. The molecule has 1 heterocycles. The van der Waals surface area contributed by atoms with Gasteiger partial charge >= 0.3 is 11.9 Å². The lowest BCUT2D eigenvalue weighted by molar-refractivity contribution is -0.138. The minimum atomic E-state index is -0.783. The summed E-state index contributed by atoms with van der Waals surface area (Å²) in [6.07, 6.45) is 5.51. The molecule has 8 heteroatoms. The maximum atomic E-state index is 14.2. The minimum Gasteiger partial charge on any atom is -0.466 e. The van der Waals surface area contributed by atoms with E-state index in [4.69, 9.17) is 0 Å². The van der Waals surface area contributed by atoms with Crippen LogP contribution in [-0.2, 0) is 19.1 Å². The second-order valence-electron chi connectivity index (χ2n) is 4.33. The van der Waals surface area contributed by atoms with E-state index in [9.17, 15) is 14.0 Å². The smallest absolute Gasteiger partial charge is 0.354 e. The topological polar surface area (TPSA) is 82.5 Å². The van der Waals surface area contributed by atoms with Crippen LogP contribution >= 0.6 is 0 Å². The summed E-state index contributed by atoms with van der Waals surface area (Å²) in [6.45, 7) is 0. The zero-order chi connectivity index (χ0) is 16.8. The second kappa shape index (κ2) is 7.21. The largest absolute Gasteiger partial charge is 0.466 e. The van der Waals surface area contributed by atoms with Gasteiger partial charge in [0.2, 0.25) is 0 Å². The number of hydrogen-bond acceptors (Lipinski definition) is 6. The van der Waals surface area contributed by atoms with Crippen LogP contribution < -0.4 is 5.32 Å². The number of nitrogens with zero attached hydrogens (tertiary/aromatic N) is 2. The number of carbonyl (C=O) groups is 2. The Balaban J connectivity index is 2.27. The quantitative estimate of drug-likeness (QED) is 0.666. The zero-order valence-corrected chi connectivity index (χ0v) is 12.4. The summed E-state index contributed by atoms with van der Waals surface area (Å²) in [5.41, 5.74) is 0.394. The Kier molecular flexibility index (Phi) is 5.08. The van der Waals surface area contributed by atoms with Crippen LogP contribution in [-0.4, -0.2) is 35.7 Å². The Hall–Kier alpha value is -3.16. The molecule has 1 aromatic carbocycles. The molecule has 7 nitrogen and oxygen atoms in total. The van der Waals surface area contributed by atoms with Crippen LogP contribution in [0.1, 0.15) is 0 Å². The van der Waals surface area contributed by atoms with E-state index in [-0.39, 0.29) is 11.4 Å². The van der Waals surface area contributed by atoms with Gasteiger partial charge in [-0.3, -0.25) is 0 Å². The van der Waals surface area contributed by atoms with Gasteiger partial charge < -0.3 is 19.4 Å². The second-order valence-corrected chi connectivity index (χ2v) is 4.33. The number of benzene rings is 1. The average molecular weight is 319 g/mol. The van der Waals surface area contributed by atoms with Gasteiger partial charge in [0.1, 0.15) is 11.5 Å². The molecule has 1 aromatic heterocycles. The van der Waals surface area contributed by atoms with Crippen molar-refractivity contribution in [1.82, 2.24) is 9.55 Å². The summed E-state index contributed by atoms with van der Waals surface area (Å²) in [5, 5.41) is 2.63. The van der Waals surface area contributed by atoms with Crippen molar-refractivity contribution < 1.29 is 23.5 Å². The van der Waals surface area contributed by atoms with E-state index < -0.39 is 17.8 Å². The number of ether oxygens (including phenoxy) is 2. The highest BCUT2D eigenvalue weighted by atomic mass is 19.1. The van der Waals surface area contributed by atoms with Gasteiger partial charge in [0.25, 0.3) is 0 Å². The summed E-state index contributed by atoms with van der Waals surface area (Å²) in [7, 11) is 2.34. The number of anilines is 1. The Labute approximate surface area is 131 Å². The Morgan fingerprint density at radius 1 is 1.30 bits per heavy atom. The first-order valence-corrected chi connectivity index (χ1v) is 6.48. The number of methoxy groups -OCH3 is 2. The van der Waals surface area contributed by atoms with Crippen LogP contribution in [0.3, 0.4) is 0 Å². The number of hydrogen-bond donors (Lipinski definition) is 1. The van der Waals surface area contributed by atoms with Crippen molar-refractivity contribution in [3.63, 3.8) is 0 Å². The molecule has 0 unspecified atom stereocenters. The Morgan fingerprint density at radius 3 is 2.65 bits per heavy atom. The number of esters is 2. The van der Waals surface area contributed by atoms with Crippen molar-refractivity contribution >= 4 is 17.6 Å². The molecule has 0 atom stereocenters. The van der Waals surface area contributed by atoms with E-state index in [1.165, 1.54) is 36.3 Å². The molecule has 0 saturated heterocycles. The molecular weight excluding hydrogens is 305 g/mol. The molecule has 2 aromatic rings. The van der Waals surface area contributed by atoms with E-state index in [0.29, 0.717) is 5.69 Å². The van der Waals surface area contributed by atoms with Gasteiger partial charge in [0, 0.05) is 18.1 Å². The predicted octanol–water partition coefficient (Wildman–Crippen LogP) is 1.65. The van der Waals surface area contributed by atoms with Gasteiger partial charge in [-0.05, 0) is 18.2 Å². The Bertz CT molecular complexity index is 741. The van der Waals surface area contributed by atoms with E-state index in [1.807, 2.05) is 0 Å². The van der Waals surface area contributed by atoms with Crippen molar-refractivity contribution in [3.05, 3.63) is 54.5 Å². The highest BCUT2D eigenvalue weighted by Gasteiger charge is 2.14. The highest BCUT2D eigenvalue weighted by molar-refractivity contribution is 5.98. The van der Waals surface area contributed by atoms with Gasteiger partial charge in [-0.1, -0.05) is 0 Å². The molecule has 0 spiro atoms. The third kappa shape index (κ3) is 3.94. The molecule has 0 aliphatic heterocycles. The van der Waals surface area contributed by atoms with Gasteiger partial charge in [0.15, 0.2) is 0 Å². The first-order valence-electron chi connectivity index (χ1n) is 6.48. The molecule has 0 aliphatic carbocycles. The molecule has 0 radical (unpaired) electrons. The molecule has 1 N–H and O–H groups in total. The lowest BCUT2D eigenvalue weighted by atomic mass is 10.2. The lowest BCUT2D eigenvalue weighted by Gasteiger charge is -2.11. The molecule has 0 bridgehead atoms. The fourth-order valence-electron chi connectivity index (χ4n) is 1.78. The van der Waals surface area contributed by atoms with Crippen LogP contribution in [0.25, 0.3) is 5.69 Å². The number of aromatic nitrogens is 2. The molecule has 0 aliphatic rings. The van der Waals surface area contributed by atoms with Crippen LogP contribution in [0.2, 0.25) is 0 Å². The lowest BCUT2D eigenvalue weighted by Crippen LogP contribution is -2.15. The van der Waals surface area contributed by atoms with E-state index >= 15 is 0 Å². The van der Waals surface area contributed by atoms with Crippen LogP contribution in [0, 0.1) is 5.82 Å². The number of carbonyl (C=O) groups excluding carboxylic acids is 2. The summed E-state index contributed by atoms with van der Waals surface area (Å²) in [4.78, 5) is 26.8. The van der Waals surface area contributed by atoms with Gasteiger partial charge in [-0.2, -0.15) is 0 Å². The first kappa shape index (κ1) is 16.2. The van der Waals surface area contributed by atoms with Crippen molar-refractivity contribution in [3.8, 4) is 5.69 Å². The summed E-state index contributed by atoms with van der Waals surface area (Å²) in [6, 6.07) is 4.24. The third-order valence-electron chi connectivity index (χ3n) is 2.88. The molecule has 2 rings (SSSR count). The molecule has 0 saturated carbocycles. The first-order chi connectivity index (χ1) is 11.0. The van der Waals surface area contributed by atoms with E-state index in [2.05, 4.69) is 19.8 Å². The Morgan fingerprint density at radius 2 is 2.09 bits per heavy atom. The number of rotatable bonds is 5. The number of imidazole rings is 1. The third-order valence-corrected chi connectivity index (χ3v) is 2.88. The fraction of sp³-hybridized carbons (Fsp3) is 0.133. The van der Waals surface area contributed by atoms with Crippen molar-refractivity contribution in [2.75, 3.05) is 19.5 Å². The van der Waals surface area contributed by atoms with Crippen LogP contribution in [0.4, 0.5) is 10.1 Å². The SMILES string of the molecule is COC(=O)/C=C(/Nc1ccc(-n2ccnc2)c(F)c1)C(=O)OC. The van der Waals surface area contributed by atoms with Gasteiger partial charge in [-0.25, -0.2) is 19.0 Å². The van der Waals surface area contributed by atoms with E-state index in [1.54, 1.807) is 12.3 Å². The molecular formula is C15H14FN3O4. The monoisotopic (exact) mass is 319 g/mol. The molecule has 0 fully saturated rings. The van der Waals surface area contributed by atoms with Gasteiger partial charge in [0.05, 0.1) is 32.3 Å². The van der Waals surface area contributed by atoms with Crippen molar-refractivity contribution in [1.29, 1.82) is 0 Å².